The van der Waals surface area contributed by atoms with Crippen LogP contribution in [0.15, 0.2) is 42.5 Å². The van der Waals surface area contributed by atoms with Gasteiger partial charge < -0.3 is 36.1 Å². The summed E-state index contributed by atoms with van der Waals surface area (Å²) in [5.74, 6) is -2.73. The number of nitrogens with two attached hydrogens (primary N) is 2. The predicted octanol–water partition coefficient (Wildman–Crippen LogP) is 1.33. The maximum atomic E-state index is 13.8. The number of phenols is 1. The van der Waals surface area contributed by atoms with Gasteiger partial charge in [0.2, 0.25) is 23.6 Å². The quantitative estimate of drug-likeness (QED) is 0.0796. The number of phenolic OH excluding ortho intramolecular Hbond substituents is 1. The highest BCUT2D eigenvalue weighted by Crippen LogP contribution is 2.22. The van der Waals surface area contributed by atoms with Gasteiger partial charge in [-0.05, 0) is 67.5 Å². The Kier molecular flexibility index (Phi) is 19.6. The minimum atomic E-state index is -1.18. The van der Waals surface area contributed by atoms with Gasteiger partial charge in [0.25, 0.3) is 0 Å². The van der Waals surface area contributed by atoms with E-state index in [1.54, 1.807) is 50.2 Å². The number of carbonyl (C=O) groups is 5. The average Bonchev–Trinajstić information content (AvgIpc) is 3.04. The zero-order valence-electron chi connectivity index (χ0n) is 28.6. The first-order chi connectivity index (χ1) is 22.7. The Hall–Kier alpha value is -3.69. The van der Waals surface area contributed by atoms with Gasteiger partial charge in [0.05, 0.1) is 32.0 Å². The Morgan fingerprint density at radius 1 is 0.939 bits per heavy atom. The van der Waals surface area contributed by atoms with E-state index in [4.69, 9.17) is 16.2 Å². The van der Waals surface area contributed by atoms with Gasteiger partial charge >= 0.3 is 5.97 Å². The smallest absolute Gasteiger partial charge is 0.305 e. The molecule has 0 aromatic heterocycles. The second-order valence-corrected chi connectivity index (χ2v) is 13.3. The first-order valence-corrected chi connectivity index (χ1v) is 17.6. The topological polar surface area (TPSA) is 217 Å². The Morgan fingerprint density at radius 3 is 2.16 bits per heavy atom. The summed E-state index contributed by atoms with van der Waals surface area (Å²) in [5.41, 5.74) is 15.2. The van der Waals surface area contributed by atoms with Crippen LogP contribution < -0.4 is 22.1 Å². The zero-order valence-corrected chi connectivity index (χ0v) is 30.2. The van der Waals surface area contributed by atoms with Gasteiger partial charge in [-0.15, -0.1) is 12.4 Å². The number of ether oxygens (including phenoxy) is 1. The number of unbranched alkanes of at least 4 members (excludes halogenated alkanes) is 2. The van der Waals surface area contributed by atoms with E-state index in [1.807, 2.05) is 6.07 Å². The SMILES string of the molecule is COC(=O)CCCCCN(C(=O)CNC(=O)[C@@H](N)Cc1c(C)cc(O)cc1C)[C@@H](Cc1ccccc1)C(=O)NC(=O)C(N)CC[S+](C)[O-].Cl. The predicted molar refractivity (Wildman–Crippen MR) is 190 cm³/mol. The van der Waals surface area contributed by atoms with Gasteiger partial charge in [0.15, 0.2) is 0 Å². The number of rotatable bonds is 19. The average molecular weight is 724 g/mol. The van der Waals surface area contributed by atoms with Crippen molar-refractivity contribution in [2.45, 2.75) is 76.9 Å². The Morgan fingerprint density at radius 2 is 1.57 bits per heavy atom. The minimum Gasteiger partial charge on any atom is -0.617 e. The molecule has 7 N–H and O–H groups in total. The van der Waals surface area contributed by atoms with Crippen LogP contribution in [0.4, 0.5) is 0 Å². The number of benzene rings is 2. The standard InChI is InChI=1S/C34H49N5O8S.ClH/c1-22-17-25(40)18-23(2)26(22)20-28(36)32(43)37-21-30(41)39(15-10-6-9-13-31(42)47-3)29(19-24-11-7-5-8-12-24)34(45)38-33(44)27(35)14-16-48(4)46;/h5,7-8,11-12,17-18,27-29,40H,6,9-10,13-16,19-21,35-36H2,1-4H3,(H,37,43)(H,38,44,45);1H/t27?,28-,29-,48?;/m0./s1. The molecule has 2 aromatic carbocycles. The van der Waals surface area contributed by atoms with Crippen molar-refractivity contribution in [3.8, 4) is 5.75 Å². The molecule has 2 aromatic rings. The monoisotopic (exact) mass is 723 g/mol. The van der Waals surface area contributed by atoms with Crippen LogP contribution in [-0.4, -0.2) is 94.5 Å². The summed E-state index contributed by atoms with van der Waals surface area (Å²) >= 11 is -1.18. The highest BCUT2D eigenvalue weighted by atomic mass is 35.5. The largest absolute Gasteiger partial charge is 0.617 e. The van der Waals surface area contributed by atoms with Crippen LogP contribution in [0.3, 0.4) is 0 Å². The number of imide groups is 1. The maximum Gasteiger partial charge on any atom is 0.305 e. The van der Waals surface area contributed by atoms with Crippen LogP contribution in [0, 0.1) is 13.8 Å². The summed E-state index contributed by atoms with van der Waals surface area (Å²) in [6.07, 6.45) is 3.48. The molecule has 2 unspecified atom stereocenters. The third-order valence-corrected chi connectivity index (χ3v) is 8.74. The number of methoxy groups -OCH3 is 1. The molecule has 0 aliphatic rings. The molecule has 0 bridgehead atoms. The van der Waals surface area contributed by atoms with Crippen LogP contribution in [-0.2, 0) is 52.7 Å². The molecular weight excluding hydrogens is 674 g/mol. The molecule has 15 heteroatoms. The van der Waals surface area contributed by atoms with Crippen molar-refractivity contribution in [3.05, 3.63) is 64.7 Å². The third kappa shape index (κ3) is 15.2. The van der Waals surface area contributed by atoms with Crippen molar-refractivity contribution in [2.24, 2.45) is 11.5 Å². The van der Waals surface area contributed by atoms with Crippen LogP contribution in [0.5, 0.6) is 5.75 Å². The Bertz CT molecular complexity index is 1370. The highest BCUT2D eigenvalue weighted by Gasteiger charge is 2.32. The lowest BCUT2D eigenvalue weighted by molar-refractivity contribution is -0.143. The van der Waals surface area contributed by atoms with E-state index in [2.05, 4.69) is 10.6 Å². The van der Waals surface area contributed by atoms with Crippen LogP contribution in [0.25, 0.3) is 0 Å². The first kappa shape index (κ1) is 43.3. The van der Waals surface area contributed by atoms with Gasteiger partial charge in [-0.3, -0.25) is 29.3 Å². The molecular formula is C34H50ClN5O8S. The molecule has 2 rings (SSSR count). The summed E-state index contributed by atoms with van der Waals surface area (Å²) in [5, 5.41) is 14.8. The molecule has 0 aliphatic heterocycles. The molecule has 0 heterocycles. The van der Waals surface area contributed by atoms with Crippen molar-refractivity contribution in [1.29, 1.82) is 0 Å². The van der Waals surface area contributed by atoms with Crippen molar-refractivity contribution < 1.29 is 38.4 Å². The molecule has 272 valence electrons. The van der Waals surface area contributed by atoms with Gasteiger partial charge in [0.1, 0.15) is 17.5 Å². The van der Waals surface area contributed by atoms with Gasteiger partial charge in [0, 0.05) is 25.8 Å². The summed E-state index contributed by atoms with van der Waals surface area (Å²) in [4.78, 5) is 66.2. The molecule has 4 amide bonds. The molecule has 0 saturated carbocycles. The highest BCUT2D eigenvalue weighted by molar-refractivity contribution is 7.90. The normalized spacial score (nSPS) is 13.2. The molecule has 49 heavy (non-hydrogen) atoms. The second-order valence-electron chi connectivity index (χ2n) is 11.8. The number of carbonyl (C=O) groups excluding carboxylic acids is 5. The van der Waals surface area contributed by atoms with Crippen molar-refractivity contribution in [1.82, 2.24) is 15.5 Å². The van der Waals surface area contributed by atoms with E-state index in [0.717, 1.165) is 22.3 Å². The summed E-state index contributed by atoms with van der Waals surface area (Å²) in [6, 6.07) is 8.90. The van der Waals surface area contributed by atoms with Gasteiger partial charge in [-0.2, -0.15) is 0 Å². The van der Waals surface area contributed by atoms with Crippen LogP contribution in [0.1, 0.15) is 54.4 Å². The third-order valence-electron chi connectivity index (χ3n) is 7.93. The summed E-state index contributed by atoms with van der Waals surface area (Å²) < 4.78 is 16.2. The second kappa shape index (κ2) is 22.1. The molecule has 0 fully saturated rings. The lowest BCUT2D eigenvalue weighted by Crippen LogP contribution is -2.56. The van der Waals surface area contributed by atoms with Crippen LogP contribution in [0.2, 0.25) is 0 Å². The van der Waals surface area contributed by atoms with Crippen molar-refractivity contribution >= 4 is 53.2 Å². The fourth-order valence-electron chi connectivity index (χ4n) is 5.19. The maximum absolute atomic E-state index is 13.8. The number of nitrogens with one attached hydrogen (secondary N) is 2. The number of amides is 4. The number of aromatic hydroxyl groups is 1. The number of hydrogen-bond acceptors (Lipinski definition) is 10. The molecule has 0 spiro atoms. The fourth-order valence-corrected chi connectivity index (χ4v) is 5.77. The van der Waals surface area contributed by atoms with Gasteiger partial charge in [-0.1, -0.05) is 47.9 Å². The lowest BCUT2D eigenvalue weighted by Gasteiger charge is -2.31. The zero-order chi connectivity index (χ0) is 35.8. The number of hydrogen-bond donors (Lipinski definition) is 5. The number of nitrogens with zero attached hydrogens (tertiary/aromatic N) is 1. The van der Waals surface area contributed by atoms with Crippen molar-refractivity contribution in [2.75, 3.05) is 32.2 Å². The first-order valence-electron chi connectivity index (χ1n) is 15.9. The Labute approximate surface area is 297 Å². The molecule has 13 nitrogen and oxygen atoms in total. The van der Waals surface area contributed by atoms with Crippen LogP contribution >= 0.6 is 12.4 Å². The molecule has 0 aliphatic carbocycles. The van der Waals surface area contributed by atoms with E-state index in [1.165, 1.54) is 18.3 Å². The lowest BCUT2D eigenvalue weighted by atomic mass is 9.96. The van der Waals surface area contributed by atoms with Gasteiger partial charge in [-0.25, -0.2) is 0 Å². The van der Waals surface area contributed by atoms with Crippen molar-refractivity contribution in [3.63, 3.8) is 0 Å². The van der Waals surface area contributed by atoms with E-state index >= 15 is 0 Å². The molecule has 0 radical (unpaired) electrons. The number of aryl methyl sites for hydroxylation is 2. The number of esters is 1. The van der Waals surface area contributed by atoms with E-state index < -0.39 is 59.5 Å². The van der Waals surface area contributed by atoms with E-state index in [-0.39, 0.29) is 62.1 Å². The molecule has 4 atom stereocenters. The fraction of sp³-hybridized carbons (Fsp3) is 0.500. The number of halogens is 1. The summed E-state index contributed by atoms with van der Waals surface area (Å²) in [6.45, 7) is 3.24. The van der Waals surface area contributed by atoms with E-state index in [0.29, 0.717) is 19.3 Å². The summed E-state index contributed by atoms with van der Waals surface area (Å²) in [7, 11) is 1.30. The molecule has 0 saturated heterocycles. The Balaban J connectivity index is 0.0000120. The van der Waals surface area contributed by atoms with E-state index in [9.17, 15) is 33.6 Å². The minimum absolute atomic E-state index is 0.